The van der Waals surface area contributed by atoms with Crippen molar-refractivity contribution in [3.63, 3.8) is 0 Å². The maximum atomic E-state index is 8.36. The molecule has 0 radical (unpaired) electrons. The summed E-state index contributed by atoms with van der Waals surface area (Å²) in [7, 11) is 1.69. The summed E-state index contributed by atoms with van der Waals surface area (Å²) in [5.41, 5.74) is 2.17. The standard InChI is InChI=1S/C21H24N8O.CH2O2/c1-30-18-5-3-2-4-15(18)10-19-26-21(16-6-8-28-20(11-16)24-14-25-28)29(27-19)9-7-17-12-22-13-23-17;2-1-3/h2-5,12-14,16H,6-11H2,1H3,(H,22,23);1H,(H,2,3). The van der Waals surface area contributed by atoms with Crippen molar-refractivity contribution in [3.8, 4) is 5.75 Å². The molecule has 1 aromatic carbocycles. The molecule has 0 spiro atoms. The fraction of sp³-hybridized carbons (Fsp3) is 0.364. The van der Waals surface area contributed by atoms with Gasteiger partial charge in [-0.1, -0.05) is 18.2 Å². The van der Waals surface area contributed by atoms with E-state index in [2.05, 4.69) is 30.8 Å². The van der Waals surface area contributed by atoms with Crippen molar-refractivity contribution in [2.45, 2.75) is 44.7 Å². The lowest BCUT2D eigenvalue weighted by atomic mass is 9.97. The number of H-pyrrole nitrogens is 1. The molecular formula is C22H26N8O3. The van der Waals surface area contributed by atoms with Gasteiger partial charge in [0, 0.05) is 55.7 Å². The van der Waals surface area contributed by atoms with Gasteiger partial charge in [0.05, 0.1) is 13.4 Å². The van der Waals surface area contributed by atoms with E-state index in [0.29, 0.717) is 6.42 Å². The maximum absolute atomic E-state index is 8.36. The lowest BCUT2D eigenvalue weighted by molar-refractivity contribution is -0.122. The van der Waals surface area contributed by atoms with E-state index >= 15 is 0 Å². The van der Waals surface area contributed by atoms with E-state index in [1.807, 2.05) is 29.1 Å². The van der Waals surface area contributed by atoms with Gasteiger partial charge in [0.15, 0.2) is 5.82 Å². The quantitative estimate of drug-likeness (QED) is 0.407. The summed E-state index contributed by atoms with van der Waals surface area (Å²) in [6.45, 7) is 1.36. The minimum atomic E-state index is -0.250. The van der Waals surface area contributed by atoms with E-state index in [4.69, 9.17) is 24.7 Å². The summed E-state index contributed by atoms with van der Waals surface area (Å²) >= 11 is 0. The number of imidazole rings is 1. The second kappa shape index (κ2) is 10.5. The molecule has 172 valence electrons. The molecule has 0 saturated heterocycles. The largest absolute Gasteiger partial charge is 0.496 e. The zero-order valence-corrected chi connectivity index (χ0v) is 18.3. The van der Waals surface area contributed by atoms with Crippen LogP contribution in [0.5, 0.6) is 5.75 Å². The average molecular weight is 451 g/mol. The number of rotatable bonds is 7. The molecule has 3 aromatic heterocycles. The van der Waals surface area contributed by atoms with Crippen LogP contribution in [0.15, 0.2) is 43.1 Å². The minimum Gasteiger partial charge on any atom is -0.496 e. The Morgan fingerprint density at radius 1 is 1.33 bits per heavy atom. The van der Waals surface area contributed by atoms with Crippen molar-refractivity contribution in [1.82, 2.24) is 39.5 Å². The average Bonchev–Trinajstić information content (AvgIpc) is 3.59. The van der Waals surface area contributed by atoms with E-state index in [-0.39, 0.29) is 12.4 Å². The maximum Gasteiger partial charge on any atom is 0.290 e. The molecule has 5 rings (SSSR count). The van der Waals surface area contributed by atoms with Gasteiger partial charge in [-0.25, -0.2) is 19.6 Å². The molecule has 1 unspecified atom stereocenters. The summed E-state index contributed by atoms with van der Waals surface area (Å²) in [4.78, 5) is 25.0. The van der Waals surface area contributed by atoms with Gasteiger partial charge in [-0.05, 0) is 12.5 Å². The van der Waals surface area contributed by atoms with E-state index in [1.54, 1.807) is 19.8 Å². The van der Waals surface area contributed by atoms with Gasteiger partial charge in [0.1, 0.15) is 23.7 Å². The lowest BCUT2D eigenvalue weighted by Gasteiger charge is -2.21. The van der Waals surface area contributed by atoms with E-state index in [1.165, 1.54) is 0 Å². The Labute approximate surface area is 190 Å². The molecule has 1 aliphatic heterocycles. The Morgan fingerprint density at radius 2 is 2.18 bits per heavy atom. The lowest BCUT2D eigenvalue weighted by Crippen LogP contribution is -2.22. The third-order valence-corrected chi connectivity index (χ3v) is 5.61. The van der Waals surface area contributed by atoms with Gasteiger partial charge in [0.2, 0.25) is 0 Å². The van der Waals surface area contributed by atoms with E-state index in [0.717, 1.165) is 66.8 Å². The van der Waals surface area contributed by atoms with Crippen molar-refractivity contribution >= 4 is 6.47 Å². The number of benzene rings is 1. The number of hydrogen-bond donors (Lipinski definition) is 2. The van der Waals surface area contributed by atoms with Gasteiger partial charge in [-0.15, -0.1) is 0 Å². The molecule has 1 atom stereocenters. The Balaban J connectivity index is 0.000000821. The highest BCUT2D eigenvalue weighted by Gasteiger charge is 2.27. The van der Waals surface area contributed by atoms with Crippen LogP contribution in [0.1, 0.15) is 41.1 Å². The van der Waals surface area contributed by atoms with Crippen LogP contribution in [-0.4, -0.2) is 58.2 Å². The van der Waals surface area contributed by atoms with E-state index in [9.17, 15) is 0 Å². The number of aromatic amines is 1. The molecule has 0 amide bonds. The van der Waals surface area contributed by atoms with Crippen LogP contribution in [0.4, 0.5) is 0 Å². The molecule has 0 aliphatic carbocycles. The normalized spacial score (nSPS) is 14.8. The van der Waals surface area contributed by atoms with Crippen LogP contribution in [0.3, 0.4) is 0 Å². The fourth-order valence-corrected chi connectivity index (χ4v) is 4.07. The predicted octanol–water partition coefficient (Wildman–Crippen LogP) is 1.87. The van der Waals surface area contributed by atoms with Gasteiger partial charge in [0.25, 0.3) is 6.47 Å². The Hall–Kier alpha value is -4.02. The molecule has 2 N–H and O–H groups in total. The first-order valence-corrected chi connectivity index (χ1v) is 10.7. The minimum absolute atomic E-state index is 0.250. The molecule has 4 heterocycles. The molecule has 0 fully saturated rings. The summed E-state index contributed by atoms with van der Waals surface area (Å²) in [6.07, 6.45) is 8.47. The van der Waals surface area contributed by atoms with Crippen LogP contribution in [0.25, 0.3) is 0 Å². The Bertz CT molecular complexity index is 1170. The summed E-state index contributed by atoms with van der Waals surface area (Å²) in [6, 6.07) is 8.02. The molecule has 33 heavy (non-hydrogen) atoms. The highest BCUT2D eigenvalue weighted by Crippen LogP contribution is 2.28. The van der Waals surface area contributed by atoms with Crippen molar-refractivity contribution in [1.29, 1.82) is 0 Å². The van der Waals surface area contributed by atoms with Gasteiger partial charge in [-0.2, -0.15) is 10.2 Å². The zero-order chi connectivity index (χ0) is 23.0. The molecule has 11 nitrogen and oxygen atoms in total. The van der Waals surface area contributed by atoms with Crippen molar-refractivity contribution in [3.05, 3.63) is 71.8 Å². The van der Waals surface area contributed by atoms with Crippen molar-refractivity contribution in [2.75, 3.05) is 7.11 Å². The number of carbonyl (C=O) groups is 1. The number of para-hydroxylation sites is 1. The Morgan fingerprint density at radius 3 is 2.97 bits per heavy atom. The highest BCUT2D eigenvalue weighted by atomic mass is 16.5. The van der Waals surface area contributed by atoms with E-state index < -0.39 is 0 Å². The van der Waals surface area contributed by atoms with Crippen molar-refractivity contribution < 1.29 is 14.6 Å². The molecule has 4 aromatic rings. The number of nitrogens with zero attached hydrogens (tertiary/aromatic N) is 7. The summed E-state index contributed by atoms with van der Waals surface area (Å²) in [5.74, 6) is 3.99. The fourth-order valence-electron chi connectivity index (χ4n) is 4.07. The Kier molecular flexibility index (Phi) is 7.08. The van der Waals surface area contributed by atoms with Crippen LogP contribution in [0.2, 0.25) is 0 Å². The third kappa shape index (κ3) is 5.25. The monoisotopic (exact) mass is 450 g/mol. The number of fused-ring (bicyclic) bond motifs is 1. The summed E-state index contributed by atoms with van der Waals surface area (Å²) < 4.78 is 9.55. The first-order chi connectivity index (χ1) is 16.2. The number of aromatic nitrogens is 8. The number of nitrogens with one attached hydrogen (secondary N) is 1. The smallest absolute Gasteiger partial charge is 0.290 e. The first kappa shape index (κ1) is 22.2. The second-order valence-electron chi connectivity index (χ2n) is 7.62. The number of carboxylic acid groups (broad SMARTS) is 1. The second-order valence-corrected chi connectivity index (χ2v) is 7.62. The number of methoxy groups -OCH3 is 1. The first-order valence-electron chi connectivity index (χ1n) is 10.7. The number of hydrogen-bond acceptors (Lipinski definition) is 7. The van der Waals surface area contributed by atoms with Gasteiger partial charge < -0.3 is 14.8 Å². The predicted molar refractivity (Wildman–Crippen MR) is 118 cm³/mol. The highest BCUT2D eigenvalue weighted by molar-refractivity contribution is 5.35. The third-order valence-electron chi connectivity index (χ3n) is 5.61. The van der Waals surface area contributed by atoms with Crippen LogP contribution < -0.4 is 4.74 Å². The van der Waals surface area contributed by atoms with Gasteiger partial charge in [-0.3, -0.25) is 9.48 Å². The van der Waals surface area contributed by atoms with Crippen molar-refractivity contribution in [2.24, 2.45) is 0 Å². The van der Waals surface area contributed by atoms with Crippen LogP contribution in [0, 0.1) is 0 Å². The topological polar surface area (TPSA) is 137 Å². The molecule has 1 aliphatic rings. The molecule has 11 heteroatoms. The SMILES string of the molecule is COc1ccccc1Cc1nc(C2CCn3ncnc3C2)n(CCc2cnc[nH]2)n1.O=CO. The zero-order valence-electron chi connectivity index (χ0n) is 18.3. The molecule has 0 bridgehead atoms. The van der Waals surface area contributed by atoms with Crippen LogP contribution in [-0.2, 0) is 37.1 Å². The summed E-state index contributed by atoms with van der Waals surface area (Å²) in [5, 5.41) is 16.1. The molecule has 0 saturated carbocycles. The van der Waals surface area contributed by atoms with Gasteiger partial charge >= 0.3 is 0 Å². The van der Waals surface area contributed by atoms with Crippen LogP contribution >= 0.6 is 0 Å². The number of ether oxygens (including phenoxy) is 1. The number of aryl methyl sites for hydroxylation is 3. The molecular weight excluding hydrogens is 424 g/mol.